The maximum Gasteiger partial charge on any atom is 0.148 e. The van der Waals surface area contributed by atoms with Crippen molar-refractivity contribution in [1.29, 1.82) is 0 Å². The van der Waals surface area contributed by atoms with Crippen molar-refractivity contribution in [3.05, 3.63) is 217 Å². The molecule has 0 saturated carbocycles. The fourth-order valence-corrected chi connectivity index (χ4v) is 9.00. The third kappa shape index (κ3) is 9.39. The number of pyridine rings is 1. The van der Waals surface area contributed by atoms with Gasteiger partial charge in [-0.25, -0.2) is 4.98 Å². The van der Waals surface area contributed by atoms with Crippen LogP contribution >= 0.6 is 0 Å². The molecule has 0 radical (unpaired) electrons. The van der Waals surface area contributed by atoms with Gasteiger partial charge in [0.25, 0.3) is 0 Å². The summed E-state index contributed by atoms with van der Waals surface area (Å²) in [6, 6.07) is 62.4. The zero-order chi connectivity index (χ0) is 52.3. The van der Waals surface area contributed by atoms with Crippen LogP contribution in [0.3, 0.4) is 0 Å². The van der Waals surface area contributed by atoms with Gasteiger partial charge in [0.05, 0.1) is 22.3 Å². The normalized spacial score (nSPS) is 13.4. The molecule has 0 aliphatic heterocycles. The molecule has 0 amide bonds. The fraction of sp³-hybridized carbons (Fsp3) is 0.156. The van der Waals surface area contributed by atoms with Crippen LogP contribution in [0.2, 0.25) is 0 Å². The van der Waals surface area contributed by atoms with Crippen molar-refractivity contribution in [2.45, 2.75) is 66.1 Å². The minimum absolute atomic E-state index is 0. The van der Waals surface area contributed by atoms with E-state index in [0.717, 1.165) is 66.8 Å². The summed E-state index contributed by atoms with van der Waals surface area (Å²) in [4.78, 5) is 10.4. The van der Waals surface area contributed by atoms with Gasteiger partial charge in [0.15, 0.2) is 0 Å². The van der Waals surface area contributed by atoms with Crippen LogP contribution in [0, 0.1) is 19.8 Å². The summed E-state index contributed by atoms with van der Waals surface area (Å²) in [7, 11) is 0. The van der Waals surface area contributed by atoms with Gasteiger partial charge in [-0.2, -0.15) is 0 Å². The van der Waals surface area contributed by atoms with Crippen molar-refractivity contribution in [3.63, 3.8) is 0 Å². The number of fused-ring (bicyclic) bond motifs is 1. The first-order valence-corrected chi connectivity index (χ1v) is 23.0. The number of benzene rings is 8. The van der Waals surface area contributed by atoms with Crippen molar-refractivity contribution >= 4 is 11.0 Å². The maximum absolute atomic E-state index is 12.0. The van der Waals surface area contributed by atoms with E-state index in [4.69, 9.17) is 18.2 Å². The van der Waals surface area contributed by atoms with Crippen LogP contribution in [-0.2, 0) is 31.9 Å². The number of hydrogen-bond donors (Lipinski definition) is 1. The predicted molar refractivity (Wildman–Crippen MR) is 284 cm³/mol. The summed E-state index contributed by atoms with van der Waals surface area (Å²) in [5.74, 6) is 0.466. The number of hydrogen-bond acceptors (Lipinski definition) is 3. The van der Waals surface area contributed by atoms with Gasteiger partial charge in [-0.15, -0.1) is 23.8 Å². The van der Waals surface area contributed by atoms with Crippen LogP contribution in [0.1, 0.15) is 72.0 Å². The van der Waals surface area contributed by atoms with Gasteiger partial charge in [0.1, 0.15) is 11.6 Å². The summed E-state index contributed by atoms with van der Waals surface area (Å²) in [5, 5.41) is 12.0. The fourth-order valence-electron chi connectivity index (χ4n) is 9.00. The molecule has 10 aromatic rings. The Kier molecular flexibility index (Phi) is 10.8. The summed E-state index contributed by atoms with van der Waals surface area (Å²) in [5.41, 5.74) is 14.2. The first-order valence-electron chi connectivity index (χ1n) is 26.0. The van der Waals surface area contributed by atoms with Gasteiger partial charge in [-0.1, -0.05) is 197 Å². The van der Waals surface area contributed by atoms with Crippen LogP contribution in [-0.4, -0.2) is 19.6 Å². The molecule has 0 atom stereocenters. The average Bonchev–Trinajstić information content (AvgIpc) is 3.79. The number of imidazole rings is 1. The van der Waals surface area contributed by atoms with E-state index in [1.54, 1.807) is 30.5 Å². The molecule has 2 aromatic heterocycles. The molecule has 10 rings (SSSR count). The van der Waals surface area contributed by atoms with E-state index in [1.807, 2.05) is 126 Å². The minimum atomic E-state index is -2.52. The van der Waals surface area contributed by atoms with E-state index >= 15 is 0 Å². The molecule has 0 unspecified atom stereocenters. The minimum Gasteiger partial charge on any atom is -0.507 e. The van der Waals surface area contributed by atoms with E-state index in [1.165, 1.54) is 0 Å². The van der Waals surface area contributed by atoms with Gasteiger partial charge >= 0.3 is 0 Å². The molecule has 0 spiro atoms. The smallest absolute Gasteiger partial charge is 0.148 e. The quantitative estimate of drug-likeness (QED) is 0.154. The second-order valence-electron chi connectivity index (χ2n) is 19.6. The molecule has 1 N–H and O–H groups in total. The van der Waals surface area contributed by atoms with Crippen molar-refractivity contribution < 1.29 is 34.4 Å². The second kappa shape index (κ2) is 18.7. The number of nitrogens with zero attached hydrogens (tertiary/aromatic N) is 3. The Morgan fingerprint density at radius 3 is 1.83 bits per heavy atom. The van der Waals surface area contributed by atoms with Gasteiger partial charge in [0.2, 0.25) is 0 Å². The van der Waals surface area contributed by atoms with E-state index in [9.17, 15) is 5.11 Å². The van der Waals surface area contributed by atoms with Gasteiger partial charge < -0.3 is 5.11 Å². The molecule has 0 fully saturated rings. The van der Waals surface area contributed by atoms with Crippen LogP contribution in [0.25, 0.3) is 95.0 Å². The second-order valence-corrected chi connectivity index (χ2v) is 19.6. The van der Waals surface area contributed by atoms with Crippen molar-refractivity contribution in [1.82, 2.24) is 14.5 Å². The van der Waals surface area contributed by atoms with Crippen LogP contribution in [0.15, 0.2) is 188 Å². The number of aryl methyl sites for hydroxylation is 2. The number of aromatic hydroxyl groups is 1. The van der Waals surface area contributed by atoms with E-state index in [2.05, 4.69) is 84.0 Å². The third-order valence-corrected chi connectivity index (χ3v) is 12.8. The van der Waals surface area contributed by atoms with Gasteiger partial charge in [-0.3, -0.25) is 9.55 Å². The molecule has 8 aromatic carbocycles. The molecule has 4 nitrogen and oxygen atoms in total. The Labute approximate surface area is 430 Å². The molecule has 0 aliphatic rings. The first kappa shape index (κ1) is 39.8. The van der Waals surface area contributed by atoms with E-state index in [0.29, 0.717) is 39.4 Å². The van der Waals surface area contributed by atoms with Crippen LogP contribution in [0.4, 0.5) is 0 Å². The largest absolute Gasteiger partial charge is 0.507 e. The van der Waals surface area contributed by atoms with E-state index < -0.39 is 13.7 Å². The Bertz CT molecular complexity index is 3700. The Hall–Kier alpha value is -7.13. The van der Waals surface area contributed by atoms with Crippen molar-refractivity contribution in [2.75, 3.05) is 0 Å². The van der Waals surface area contributed by atoms with E-state index in [-0.39, 0.29) is 48.8 Å². The van der Waals surface area contributed by atoms with Crippen LogP contribution < -0.4 is 0 Å². The Balaban J connectivity index is 0.00000689. The number of phenols is 1. The zero-order valence-electron chi connectivity index (χ0n) is 45.5. The summed E-state index contributed by atoms with van der Waals surface area (Å²) in [6.45, 7) is 8.12. The molecule has 0 saturated heterocycles. The molecule has 0 bridgehead atoms. The number of phenolic OH excluding ortho intramolecular Hbond substituents is 1. The monoisotopic (exact) mass is 1080 g/mol. The van der Waals surface area contributed by atoms with Crippen molar-refractivity contribution in [3.8, 4) is 89.7 Å². The third-order valence-electron chi connectivity index (χ3n) is 12.8. The number of para-hydroxylation sites is 1. The topological polar surface area (TPSA) is 50.9 Å². The van der Waals surface area contributed by atoms with Crippen molar-refractivity contribution in [2.24, 2.45) is 0 Å². The molecule has 344 valence electrons. The van der Waals surface area contributed by atoms with Crippen LogP contribution in [0.5, 0.6) is 5.75 Å². The summed E-state index contributed by atoms with van der Waals surface area (Å²) in [6.07, 6.45) is 1.75. The molecule has 69 heavy (non-hydrogen) atoms. The molecule has 2 heterocycles. The van der Waals surface area contributed by atoms with Gasteiger partial charge in [-0.05, 0) is 111 Å². The molecule has 0 aliphatic carbocycles. The number of rotatable bonds is 8. The summed E-state index contributed by atoms with van der Waals surface area (Å²) >= 11 is 0. The van der Waals surface area contributed by atoms with Gasteiger partial charge in [0, 0.05) is 46.7 Å². The maximum atomic E-state index is 12.0. The SMILES string of the molecule is [2H]C([2H])([2H])c1ccc(-c2ccnc(-c3[c-]c(-c4cccc5c4nc(-c4cc(C(C)(C)C)ccc4O)n5-c4cc(C([2H])([2H])[2H])c(-c5ccc(C(C)(C)C)cc5)cc4-c4ccccc4)cc(-c4ccccc4)c3)c2)cc1.[Pt]. The molecule has 5 heteroatoms. The standard InChI is InChI=1S/C64H56N3O.Pt/c1-41-22-24-44(25-23-41)47-32-33-65-57(38-47)50-36-48(43-16-11-9-12-17-43)35-49(37-50)53-20-15-21-58-61(53)66-62(56-39-52(64(6,7)8)30-31-60(56)68)67(58)59-34-42(2)54(40-55(59)45-18-13-10-14-19-45)46-26-28-51(29-27-46)63(3,4)5;/h9-36,38-40,68H,1-8H3;/q-1;/i1D3,2D3;. The zero-order valence-corrected chi connectivity index (χ0v) is 41.8. The summed E-state index contributed by atoms with van der Waals surface area (Å²) < 4.78 is 52.9. The Morgan fingerprint density at radius 1 is 0.507 bits per heavy atom. The average molecular weight is 1080 g/mol. The number of aromatic nitrogens is 3. The predicted octanol–water partition coefficient (Wildman–Crippen LogP) is 16.8. The molecular weight excluding hydrogens is 1020 g/mol. The first-order chi connectivity index (χ1) is 35.1. The Morgan fingerprint density at radius 2 is 1.14 bits per heavy atom. The molecular formula is C64H56N3OPt-.